The van der Waals surface area contributed by atoms with Crippen molar-refractivity contribution in [2.24, 2.45) is 5.10 Å². The topological polar surface area (TPSA) is 46.5 Å². The summed E-state index contributed by atoms with van der Waals surface area (Å²) in [6, 6.07) is 4.99. The van der Waals surface area contributed by atoms with Gasteiger partial charge in [0.05, 0.1) is 23.4 Å². The first-order chi connectivity index (χ1) is 11.2. The molecule has 0 radical (unpaired) electrons. The smallest absolute Gasteiger partial charge is 0.417 e. The number of pyridine rings is 1. The van der Waals surface area contributed by atoms with Crippen LogP contribution < -0.4 is 10.2 Å². The lowest BCUT2D eigenvalue weighted by Crippen LogP contribution is -2.07. The summed E-state index contributed by atoms with van der Waals surface area (Å²) < 4.78 is 56.1. The minimum atomic E-state index is -4.53. The number of methoxy groups -OCH3 is 1. The Morgan fingerprint density at radius 1 is 1.29 bits per heavy atom. The van der Waals surface area contributed by atoms with Crippen molar-refractivity contribution in [2.75, 3.05) is 12.5 Å². The fourth-order valence-electron chi connectivity index (χ4n) is 1.77. The van der Waals surface area contributed by atoms with Gasteiger partial charge in [0.2, 0.25) is 0 Å². The van der Waals surface area contributed by atoms with Crippen molar-refractivity contribution >= 4 is 23.1 Å². The zero-order valence-electron chi connectivity index (χ0n) is 12.6. The number of hydrazone groups is 1. The Morgan fingerprint density at radius 2 is 2.00 bits per heavy atom. The van der Waals surface area contributed by atoms with Crippen LogP contribution >= 0.6 is 11.6 Å². The van der Waals surface area contributed by atoms with Gasteiger partial charge in [0, 0.05) is 11.8 Å². The molecule has 1 aromatic carbocycles. The summed E-state index contributed by atoms with van der Waals surface area (Å²) in [6.45, 7) is 1.59. The third-order valence-corrected chi connectivity index (χ3v) is 3.36. The molecule has 24 heavy (non-hydrogen) atoms. The number of rotatable bonds is 4. The van der Waals surface area contributed by atoms with Crippen LogP contribution in [0.5, 0.6) is 5.75 Å². The Bertz CT molecular complexity index is 778. The van der Waals surface area contributed by atoms with Crippen molar-refractivity contribution in [2.45, 2.75) is 13.1 Å². The molecule has 1 N–H and O–H groups in total. The summed E-state index contributed by atoms with van der Waals surface area (Å²) >= 11 is 5.76. The molecule has 0 unspecified atom stereocenters. The summed E-state index contributed by atoms with van der Waals surface area (Å²) in [5, 5.41) is 3.71. The lowest BCUT2D eigenvalue weighted by Gasteiger charge is -2.09. The van der Waals surface area contributed by atoms with Gasteiger partial charge in [0.1, 0.15) is 0 Å². The summed E-state index contributed by atoms with van der Waals surface area (Å²) in [6.07, 6.45) is -3.89. The fraction of sp³-hybridized carbons (Fsp3) is 0.200. The SMILES string of the molecule is COc1ccc(/C(C)=N\Nc2ncc(C(F)(F)F)cc2Cl)cc1F. The summed E-state index contributed by atoms with van der Waals surface area (Å²) in [7, 11) is 1.35. The zero-order chi connectivity index (χ0) is 17.9. The van der Waals surface area contributed by atoms with Gasteiger partial charge in [-0.1, -0.05) is 11.6 Å². The third-order valence-electron chi connectivity index (χ3n) is 3.07. The van der Waals surface area contributed by atoms with E-state index in [4.69, 9.17) is 16.3 Å². The number of nitrogens with one attached hydrogen (secondary N) is 1. The molecule has 0 aliphatic heterocycles. The number of halogens is 5. The fourth-order valence-corrected chi connectivity index (χ4v) is 1.98. The first kappa shape index (κ1) is 18.0. The molecule has 0 amide bonds. The molecular formula is C15H12ClF4N3O. The van der Waals surface area contributed by atoms with E-state index in [9.17, 15) is 17.6 Å². The van der Waals surface area contributed by atoms with Crippen LogP contribution in [0.15, 0.2) is 35.6 Å². The second kappa shape index (κ2) is 7.04. The number of alkyl halides is 3. The Kier molecular flexibility index (Phi) is 5.28. The molecule has 1 heterocycles. The largest absolute Gasteiger partial charge is 0.494 e. The predicted octanol–water partition coefficient (Wildman–Crippen LogP) is 4.74. The number of hydrogen-bond donors (Lipinski definition) is 1. The Balaban J connectivity index is 2.19. The number of ether oxygens (including phenoxy) is 1. The van der Waals surface area contributed by atoms with E-state index in [2.05, 4.69) is 15.5 Å². The molecule has 128 valence electrons. The standard InChI is InChI=1S/C15H12ClF4N3O/c1-8(9-3-4-13(24-2)12(17)5-9)22-23-14-11(16)6-10(7-21-14)15(18,19)20/h3-7H,1-2H3,(H,21,23)/b22-8-. The lowest BCUT2D eigenvalue weighted by atomic mass is 10.1. The second-order valence-electron chi connectivity index (χ2n) is 4.71. The molecule has 1 aromatic heterocycles. The van der Waals surface area contributed by atoms with Gasteiger partial charge in [-0.15, -0.1) is 0 Å². The van der Waals surface area contributed by atoms with Gasteiger partial charge in [0.25, 0.3) is 0 Å². The van der Waals surface area contributed by atoms with E-state index >= 15 is 0 Å². The molecular weight excluding hydrogens is 350 g/mol. The highest BCUT2D eigenvalue weighted by Gasteiger charge is 2.31. The van der Waals surface area contributed by atoms with Crippen LogP contribution in [-0.4, -0.2) is 17.8 Å². The predicted molar refractivity (Wildman–Crippen MR) is 83.0 cm³/mol. The molecule has 0 bridgehead atoms. The summed E-state index contributed by atoms with van der Waals surface area (Å²) in [4.78, 5) is 3.59. The molecule has 0 saturated heterocycles. The van der Waals surface area contributed by atoms with Crippen molar-refractivity contribution in [3.63, 3.8) is 0 Å². The van der Waals surface area contributed by atoms with Crippen LogP contribution in [0.3, 0.4) is 0 Å². The molecule has 0 aliphatic rings. The molecule has 4 nitrogen and oxygen atoms in total. The maximum atomic E-state index is 13.7. The summed E-state index contributed by atoms with van der Waals surface area (Å²) in [5.74, 6) is -0.514. The highest BCUT2D eigenvalue weighted by molar-refractivity contribution is 6.33. The highest BCUT2D eigenvalue weighted by atomic mass is 35.5. The Morgan fingerprint density at radius 3 is 2.54 bits per heavy atom. The van der Waals surface area contributed by atoms with Crippen LogP contribution in [0.25, 0.3) is 0 Å². The van der Waals surface area contributed by atoms with Crippen molar-refractivity contribution in [3.8, 4) is 5.75 Å². The molecule has 9 heteroatoms. The van der Waals surface area contributed by atoms with Gasteiger partial charge < -0.3 is 4.74 Å². The van der Waals surface area contributed by atoms with E-state index in [0.717, 1.165) is 6.07 Å². The highest BCUT2D eigenvalue weighted by Crippen LogP contribution is 2.32. The third kappa shape index (κ3) is 4.14. The average molecular weight is 362 g/mol. The van der Waals surface area contributed by atoms with Gasteiger partial charge in [-0.3, -0.25) is 5.43 Å². The second-order valence-corrected chi connectivity index (χ2v) is 5.12. The molecule has 2 rings (SSSR count). The maximum absolute atomic E-state index is 13.7. The molecule has 0 spiro atoms. The quantitative estimate of drug-likeness (QED) is 0.486. The molecule has 0 atom stereocenters. The Labute approximate surface area is 140 Å². The van der Waals surface area contributed by atoms with E-state index < -0.39 is 17.6 Å². The van der Waals surface area contributed by atoms with Crippen LogP contribution in [0, 0.1) is 5.82 Å². The number of anilines is 1. The van der Waals surface area contributed by atoms with Gasteiger partial charge in [-0.25, -0.2) is 9.37 Å². The minimum absolute atomic E-state index is 0.0435. The Hall–Kier alpha value is -2.35. The van der Waals surface area contributed by atoms with Gasteiger partial charge >= 0.3 is 6.18 Å². The average Bonchev–Trinajstić information content (AvgIpc) is 2.52. The number of benzene rings is 1. The number of aromatic nitrogens is 1. The molecule has 0 saturated carbocycles. The lowest BCUT2D eigenvalue weighted by molar-refractivity contribution is -0.137. The maximum Gasteiger partial charge on any atom is 0.417 e. The molecule has 0 fully saturated rings. The first-order valence-corrected chi connectivity index (χ1v) is 6.97. The number of nitrogens with zero attached hydrogens (tertiary/aromatic N) is 2. The normalized spacial score (nSPS) is 12.2. The van der Waals surface area contributed by atoms with E-state index in [1.807, 2.05) is 0 Å². The van der Waals surface area contributed by atoms with E-state index in [0.29, 0.717) is 17.5 Å². The van der Waals surface area contributed by atoms with Crippen LogP contribution in [0.2, 0.25) is 5.02 Å². The first-order valence-electron chi connectivity index (χ1n) is 6.59. The van der Waals surface area contributed by atoms with Crippen molar-refractivity contribution in [1.82, 2.24) is 4.98 Å². The van der Waals surface area contributed by atoms with E-state index in [-0.39, 0.29) is 16.6 Å². The molecule has 2 aromatic rings. The number of hydrogen-bond acceptors (Lipinski definition) is 4. The van der Waals surface area contributed by atoms with Gasteiger partial charge in [0.15, 0.2) is 17.4 Å². The van der Waals surface area contributed by atoms with Gasteiger partial charge in [-0.2, -0.15) is 18.3 Å². The van der Waals surface area contributed by atoms with Crippen LogP contribution in [0.4, 0.5) is 23.4 Å². The zero-order valence-corrected chi connectivity index (χ0v) is 13.3. The van der Waals surface area contributed by atoms with Gasteiger partial charge in [-0.05, 0) is 31.2 Å². The van der Waals surface area contributed by atoms with Crippen molar-refractivity contribution in [1.29, 1.82) is 0 Å². The monoisotopic (exact) mass is 361 g/mol. The van der Waals surface area contributed by atoms with Crippen molar-refractivity contribution < 1.29 is 22.3 Å². The van der Waals surface area contributed by atoms with E-state index in [1.54, 1.807) is 13.0 Å². The van der Waals surface area contributed by atoms with Crippen molar-refractivity contribution in [3.05, 3.63) is 52.4 Å². The van der Waals surface area contributed by atoms with E-state index in [1.165, 1.54) is 19.2 Å². The molecule has 0 aliphatic carbocycles. The minimum Gasteiger partial charge on any atom is -0.494 e. The van der Waals surface area contributed by atoms with Crippen LogP contribution in [0.1, 0.15) is 18.1 Å². The van der Waals surface area contributed by atoms with Crippen LogP contribution in [-0.2, 0) is 6.18 Å². The summed E-state index contributed by atoms with van der Waals surface area (Å²) in [5.41, 5.74) is 2.35.